The van der Waals surface area contributed by atoms with E-state index in [1.807, 2.05) is 27.7 Å². The number of hydrogen-bond acceptors (Lipinski definition) is 6. The van der Waals surface area contributed by atoms with Gasteiger partial charge in [-0.05, 0) is 40.7 Å². The number of hydrogen-bond donors (Lipinski definition) is 0. The number of sulfone groups is 1. The molecule has 1 fully saturated rings. The molecule has 1 aromatic heterocycles. The maximum atomic E-state index is 14.1. The van der Waals surface area contributed by atoms with Gasteiger partial charge >= 0.3 is 0 Å². The first-order valence-electron chi connectivity index (χ1n) is 10.8. The predicted molar refractivity (Wildman–Crippen MR) is 116 cm³/mol. The van der Waals surface area contributed by atoms with Crippen LogP contribution in [-0.4, -0.2) is 49.6 Å². The largest absolute Gasteiger partial charge is 0.477 e. The summed E-state index contributed by atoms with van der Waals surface area (Å²) in [7, 11) is -3.94. The zero-order valence-electron chi connectivity index (χ0n) is 18.9. The van der Waals surface area contributed by atoms with Gasteiger partial charge in [-0.3, -0.25) is 4.79 Å². The fourth-order valence-electron chi connectivity index (χ4n) is 4.36. The first-order chi connectivity index (χ1) is 15.0. The maximum Gasteiger partial charge on any atom is 0.213 e. The van der Waals surface area contributed by atoms with Gasteiger partial charge in [-0.1, -0.05) is 27.7 Å². The number of carbonyl (C=O) groups is 1. The molecule has 4 rings (SSSR count). The van der Waals surface area contributed by atoms with Crippen LogP contribution in [0.3, 0.4) is 0 Å². The van der Waals surface area contributed by atoms with Crippen molar-refractivity contribution in [3.63, 3.8) is 0 Å². The van der Waals surface area contributed by atoms with Crippen molar-refractivity contribution in [2.24, 2.45) is 5.41 Å². The van der Waals surface area contributed by atoms with Crippen LogP contribution in [0.1, 0.15) is 56.2 Å². The van der Waals surface area contributed by atoms with Crippen molar-refractivity contribution in [1.29, 1.82) is 0 Å². The van der Waals surface area contributed by atoms with E-state index >= 15 is 0 Å². The van der Waals surface area contributed by atoms with E-state index in [0.717, 1.165) is 16.7 Å². The Labute approximate surface area is 187 Å². The van der Waals surface area contributed by atoms with Crippen LogP contribution in [0.5, 0.6) is 5.88 Å². The summed E-state index contributed by atoms with van der Waals surface area (Å²) in [5, 5.41) is 4.05. The number of ether oxygens (including phenoxy) is 2. The summed E-state index contributed by atoms with van der Waals surface area (Å²) in [5.74, 6) is -1.07. The molecule has 0 bridgehead atoms. The van der Waals surface area contributed by atoms with Crippen LogP contribution in [0.25, 0.3) is 0 Å². The van der Waals surface area contributed by atoms with Gasteiger partial charge in [0, 0.05) is 12.5 Å². The van der Waals surface area contributed by atoms with Gasteiger partial charge in [0.2, 0.25) is 15.7 Å². The third-order valence-electron chi connectivity index (χ3n) is 6.12. The minimum absolute atomic E-state index is 0.00225. The van der Waals surface area contributed by atoms with E-state index in [0.29, 0.717) is 32.2 Å². The summed E-state index contributed by atoms with van der Waals surface area (Å²) < 4.78 is 52.5. The molecule has 0 saturated carbocycles. The summed E-state index contributed by atoms with van der Waals surface area (Å²) in [6, 6.07) is 4.26. The van der Waals surface area contributed by atoms with Crippen LogP contribution in [0.2, 0.25) is 0 Å². The van der Waals surface area contributed by atoms with Crippen molar-refractivity contribution in [3.8, 4) is 5.88 Å². The molecule has 0 atom stereocenters. The Balaban J connectivity index is 1.55. The number of carbonyl (C=O) groups excluding carboxylic acids is 1. The molecule has 1 aromatic carbocycles. The smallest absolute Gasteiger partial charge is 0.213 e. The number of Topliss-reactive ketones (excluding diaryl/α,β-unsaturated/α-hetero) is 1. The van der Waals surface area contributed by atoms with Crippen LogP contribution < -0.4 is 4.74 Å². The first kappa shape index (κ1) is 22.9. The molecule has 2 aliphatic rings. The average molecular weight is 465 g/mol. The van der Waals surface area contributed by atoms with Gasteiger partial charge in [0.15, 0.2) is 10.8 Å². The monoisotopic (exact) mass is 464 g/mol. The molecular formula is C23H29FN2O5S. The lowest BCUT2D eigenvalue weighted by Crippen LogP contribution is -2.52. The van der Waals surface area contributed by atoms with Gasteiger partial charge in [0.1, 0.15) is 18.2 Å². The highest BCUT2D eigenvalue weighted by Crippen LogP contribution is 2.36. The van der Waals surface area contributed by atoms with E-state index in [2.05, 4.69) is 5.10 Å². The molecule has 174 valence electrons. The van der Waals surface area contributed by atoms with E-state index in [1.165, 1.54) is 22.9 Å². The second-order valence-electron chi connectivity index (χ2n) is 9.61. The first-order valence-corrected chi connectivity index (χ1v) is 12.5. The molecule has 2 aliphatic heterocycles. The number of halogens is 1. The third kappa shape index (κ3) is 4.32. The highest BCUT2D eigenvalue weighted by Gasteiger charge is 2.44. The molecule has 0 aliphatic carbocycles. The quantitative estimate of drug-likeness (QED) is 0.625. The van der Waals surface area contributed by atoms with Crippen molar-refractivity contribution >= 4 is 15.6 Å². The fourth-order valence-corrected chi connectivity index (χ4v) is 5.54. The predicted octanol–water partition coefficient (Wildman–Crippen LogP) is 3.26. The Morgan fingerprint density at radius 3 is 2.28 bits per heavy atom. The van der Waals surface area contributed by atoms with E-state index in [4.69, 9.17) is 9.47 Å². The van der Waals surface area contributed by atoms with Gasteiger partial charge in [0.05, 0.1) is 25.2 Å². The molecule has 9 heteroatoms. The van der Waals surface area contributed by atoms with Crippen LogP contribution >= 0.6 is 0 Å². The third-order valence-corrected chi connectivity index (χ3v) is 7.66. The van der Waals surface area contributed by atoms with Gasteiger partial charge in [0.25, 0.3) is 0 Å². The average Bonchev–Trinajstić information content (AvgIpc) is 3.11. The molecule has 3 heterocycles. The van der Waals surface area contributed by atoms with Crippen molar-refractivity contribution in [2.45, 2.75) is 57.5 Å². The van der Waals surface area contributed by atoms with E-state index in [1.54, 1.807) is 0 Å². The molecule has 2 aromatic rings. The molecule has 0 amide bonds. The lowest BCUT2D eigenvalue weighted by atomic mass is 9.86. The Morgan fingerprint density at radius 1 is 1.12 bits per heavy atom. The van der Waals surface area contributed by atoms with Crippen LogP contribution in [-0.2, 0) is 32.3 Å². The van der Waals surface area contributed by atoms with E-state index in [9.17, 15) is 17.6 Å². The standard InChI is InChI=1S/C23H29FN2O5S/c1-14(2)18-5-16(24)6-19(15(3)4)20(18)7-17(27)9-32(28,29)21-8-22-26(25-21)10-23(13-31-22)11-30-12-23/h5-6,8,14-15H,7,9-13H2,1-4H3. The molecule has 1 spiro atoms. The molecule has 0 unspecified atom stereocenters. The minimum Gasteiger partial charge on any atom is -0.477 e. The van der Waals surface area contributed by atoms with Gasteiger partial charge in [-0.25, -0.2) is 17.5 Å². The number of ketones is 1. The topological polar surface area (TPSA) is 87.5 Å². The normalized spacial score (nSPS) is 17.3. The van der Waals surface area contributed by atoms with Crippen LogP contribution in [0.15, 0.2) is 23.2 Å². The second-order valence-corrected chi connectivity index (χ2v) is 11.5. The van der Waals surface area contributed by atoms with Crippen molar-refractivity contribution in [1.82, 2.24) is 9.78 Å². The maximum absolute atomic E-state index is 14.1. The van der Waals surface area contributed by atoms with E-state index in [-0.39, 0.29) is 34.5 Å². The molecule has 1 saturated heterocycles. The summed E-state index contributed by atoms with van der Waals surface area (Å²) in [4.78, 5) is 12.9. The summed E-state index contributed by atoms with van der Waals surface area (Å²) in [6.07, 6.45) is -0.0644. The fraction of sp³-hybridized carbons (Fsp3) is 0.565. The number of rotatable bonds is 7. The highest BCUT2D eigenvalue weighted by atomic mass is 32.2. The Hall–Kier alpha value is -2.26. The highest BCUT2D eigenvalue weighted by molar-refractivity contribution is 7.92. The van der Waals surface area contributed by atoms with Crippen molar-refractivity contribution in [2.75, 3.05) is 25.6 Å². The number of nitrogens with zero attached hydrogens (tertiary/aromatic N) is 2. The second kappa shape index (κ2) is 8.26. The Morgan fingerprint density at radius 2 is 1.75 bits per heavy atom. The lowest BCUT2D eigenvalue weighted by Gasteiger charge is -2.43. The van der Waals surface area contributed by atoms with Crippen molar-refractivity contribution in [3.05, 3.63) is 40.7 Å². The summed E-state index contributed by atoms with van der Waals surface area (Å²) >= 11 is 0. The van der Waals surface area contributed by atoms with Crippen molar-refractivity contribution < 1.29 is 27.1 Å². The van der Waals surface area contributed by atoms with Crippen LogP contribution in [0, 0.1) is 11.2 Å². The van der Waals surface area contributed by atoms with Crippen LogP contribution in [0.4, 0.5) is 4.39 Å². The molecule has 7 nitrogen and oxygen atoms in total. The number of fused-ring (bicyclic) bond motifs is 1. The zero-order valence-corrected chi connectivity index (χ0v) is 19.7. The Kier molecular flexibility index (Phi) is 5.92. The molecular weight excluding hydrogens is 435 g/mol. The zero-order chi connectivity index (χ0) is 23.3. The summed E-state index contributed by atoms with van der Waals surface area (Å²) in [5.41, 5.74) is 2.03. The van der Waals surface area contributed by atoms with Gasteiger partial charge in [-0.2, -0.15) is 5.10 Å². The SMILES string of the molecule is CC(C)c1cc(F)cc(C(C)C)c1CC(=O)CS(=O)(=O)c1cc2n(n1)CC1(COC1)CO2. The molecule has 32 heavy (non-hydrogen) atoms. The molecule has 0 radical (unpaired) electrons. The number of aromatic nitrogens is 2. The summed E-state index contributed by atoms with van der Waals surface area (Å²) in [6.45, 7) is 9.81. The minimum atomic E-state index is -3.94. The van der Waals surface area contributed by atoms with E-state index < -0.39 is 21.4 Å². The Bertz CT molecular complexity index is 1120. The van der Waals surface area contributed by atoms with Gasteiger partial charge < -0.3 is 9.47 Å². The van der Waals surface area contributed by atoms with Gasteiger partial charge in [-0.15, -0.1) is 0 Å². The lowest BCUT2D eigenvalue weighted by molar-refractivity contribution is -0.154. The molecule has 0 N–H and O–H groups in total. The number of benzene rings is 1.